The first-order valence-corrected chi connectivity index (χ1v) is 8.35. The minimum Gasteiger partial charge on any atom is -0.338 e. The monoisotopic (exact) mass is 355 g/mol. The molecule has 0 spiro atoms. The van der Waals surface area contributed by atoms with Crippen molar-refractivity contribution in [2.75, 3.05) is 18.0 Å². The Balaban J connectivity index is 1.80. The molecule has 2 aromatic rings. The van der Waals surface area contributed by atoms with Crippen LogP contribution in [-0.2, 0) is 0 Å². The lowest BCUT2D eigenvalue weighted by molar-refractivity contribution is 0.376. The van der Waals surface area contributed by atoms with Crippen LogP contribution in [0.3, 0.4) is 0 Å². The molecule has 3 heterocycles. The highest BCUT2D eigenvalue weighted by atomic mass is 79.9. The molecule has 3 rings (SSSR count). The number of thiophene rings is 1. The Morgan fingerprint density at radius 1 is 1.55 bits per heavy atom. The van der Waals surface area contributed by atoms with Crippen LogP contribution >= 0.6 is 27.3 Å². The SMILES string of the molecule is Cc1cc(-c2nc(N3CCC(C)C(N)C3)n[nH]2)sc1Br. The second-order valence-corrected chi connectivity index (χ2v) is 7.80. The number of H-pyrrole nitrogens is 1. The Morgan fingerprint density at radius 2 is 2.35 bits per heavy atom. The van der Waals surface area contributed by atoms with Crippen molar-refractivity contribution in [1.29, 1.82) is 0 Å². The van der Waals surface area contributed by atoms with Gasteiger partial charge in [-0.1, -0.05) is 6.92 Å². The average molecular weight is 356 g/mol. The molecule has 7 heteroatoms. The van der Waals surface area contributed by atoms with Gasteiger partial charge in [-0.15, -0.1) is 16.4 Å². The van der Waals surface area contributed by atoms with Gasteiger partial charge in [-0.2, -0.15) is 4.98 Å². The molecule has 0 bridgehead atoms. The molecule has 20 heavy (non-hydrogen) atoms. The van der Waals surface area contributed by atoms with Crippen LogP contribution in [-0.4, -0.2) is 34.3 Å². The Bertz CT molecular complexity index is 588. The van der Waals surface area contributed by atoms with E-state index in [1.807, 2.05) is 0 Å². The van der Waals surface area contributed by atoms with Crippen LogP contribution in [0.2, 0.25) is 0 Å². The summed E-state index contributed by atoms with van der Waals surface area (Å²) in [4.78, 5) is 7.88. The van der Waals surface area contributed by atoms with Gasteiger partial charge in [-0.3, -0.25) is 5.10 Å². The highest BCUT2D eigenvalue weighted by molar-refractivity contribution is 9.11. The predicted molar refractivity (Wildman–Crippen MR) is 86.1 cm³/mol. The summed E-state index contributed by atoms with van der Waals surface area (Å²) in [5.74, 6) is 2.15. The van der Waals surface area contributed by atoms with Gasteiger partial charge in [-0.25, -0.2) is 0 Å². The number of aromatic nitrogens is 3. The standard InChI is InChI=1S/C13H18BrN5S/c1-7-3-4-19(6-9(7)15)13-16-12(17-18-13)10-5-8(2)11(14)20-10/h5,7,9H,3-4,6,15H2,1-2H3,(H,16,17,18). The van der Waals surface area contributed by atoms with E-state index in [1.54, 1.807) is 11.3 Å². The number of aryl methyl sites for hydroxylation is 1. The summed E-state index contributed by atoms with van der Waals surface area (Å²) in [7, 11) is 0. The third kappa shape index (κ3) is 2.62. The normalized spacial score (nSPS) is 23.3. The van der Waals surface area contributed by atoms with Crippen molar-refractivity contribution in [2.45, 2.75) is 26.3 Å². The largest absolute Gasteiger partial charge is 0.338 e. The minimum absolute atomic E-state index is 0.198. The average Bonchev–Trinajstić information content (AvgIpc) is 3.01. The molecule has 108 valence electrons. The zero-order valence-electron chi connectivity index (χ0n) is 11.6. The zero-order chi connectivity index (χ0) is 14.3. The van der Waals surface area contributed by atoms with Crippen LogP contribution in [0.1, 0.15) is 18.9 Å². The van der Waals surface area contributed by atoms with Crippen molar-refractivity contribution in [3.8, 4) is 10.7 Å². The molecule has 1 aliphatic rings. The van der Waals surface area contributed by atoms with Crippen LogP contribution in [0, 0.1) is 12.8 Å². The molecule has 3 N–H and O–H groups in total. The van der Waals surface area contributed by atoms with Crippen LogP contribution in [0.5, 0.6) is 0 Å². The van der Waals surface area contributed by atoms with Gasteiger partial charge in [0.15, 0.2) is 5.82 Å². The molecule has 2 aromatic heterocycles. The van der Waals surface area contributed by atoms with Gasteiger partial charge in [-0.05, 0) is 46.8 Å². The number of nitrogens with two attached hydrogens (primary N) is 1. The Kier molecular flexibility index (Phi) is 3.83. The molecule has 5 nitrogen and oxygen atoms in total. The maximum absolute atomic E-state index is 6.14. The fourth-order valence-electron chi connectivity index (χ4n) is 2.36. The number of rotatable bonds is 2. The lowest BCUT2D eigenvalue weighted by Gasteiger charge is -2.34. The van der Waals surface area contributed by atoms with E-state index in [2.05, 4.69) is 55.9 Å². The fourth-order valence-corrected chi connectivity index (χ4v) is 3.84. The van der Waals surface area contributed by atoms with Crippen LogP contribution in [0.4, 0.5) is 5.95 Å². The van der Waals surface area contributed by atoms with Gasteiger partial charge in [0.05, 0.1) is 8.66 Å². The molecule has 2 atom stereocenters. The molecule has 2 unspecified atom stereocenters. The van der Waals surface area contributed by atoms with Crippen molar-refractivity contribution in [1.82, 2.24) is 15.2 Å². The Hall–Kier alpha value is -0.920. The first-order valence-electron chi connectivity index (χ1n) is 6.74. The number of piperidine rings is 1. The van der Waals surface area contributed by atoms with Crippen LogP contribution in [0.25, 0.3) is 10.7 Å². The molecule has 0 amide bonds. The van der Waals surface area contributed by atoms with Gasteiger partial charge in [0.25, 0.3) is 0 Å². The maximum atomic E-state index is 6.14. The van der Waals surface area contributed by atoms with E-state index in [1.165, 1.54) is 5.56 Å². The molecule has 1 fully saturated rings. The minimum atomic E-state index is 0.198. The van der Waals surface area contributed by atoms with Gasteiger partial charge >= 0.3 is 0 Å². The molecule has 1 aliphatic heterocycles. The van der Waals surface area contributed by atoms with Gasteiger partial charge in [0.1, 0.15) is 0 Å². The molecule has 0 aliphatic carbocycles. The van der Waals surface area contributed by atoms with Crippen molar-refractivity contribution in [2.24, 2.45) is 11.7 Å². The van der Waals surface area contributed by atoms with Crippen molar-refractivity contribution in [3.63, 3.8) is 0 Å². The number of nitrogens with zero attached hydrogens (tertiary/aromatic N) is 3. The maximum Gasteiger partial charge on any atom is 0.245 e. The third-order valence-electron chi connectivity index (χ3n) is 3.86. The lowest BCUT2D eigenvalue weighted by Crippen LogP contribution is -2.48. The number of anilines is 1. The number of halogens is 1. The first-order chi connectivity index (χ1) is 9.54. The predicted octanol–water partition coefficient (Wildman–Crippen LogP) is 2.78. The summed E-state index contributed by atoms with van der Waals surface area (Å²) in [6.07, 6.45) is 1.09. The number of hydrogen-bond acceptors (Lipinski definition) is 5. The lowest BCUT2D eigenvalue weighted by atomic mass is 9.95. The molecule has 1 saturated heterocycles. The quantitative estimate of drug-likeness (QED) is 0.868. The van der Waals surface area contributed by atoms with Crippen LogP contribution in [0.15, 0.2) is 9.85 Å². The van der Waals surface area contributed by atoms with Crippen molar-refractivity contribution in [3.05, 3.63) is 15.4 Å². The summed E-state index contributed by atoms with van der Waals surface area (Å²) in [6.45, 7) is 6.08. The van der Waals surface area contributed by atoms with E-state index in [4.69, 9.17) is 5.73 Å². The summed E-state index contributed by atoms with van der Waals surface area (Å²) < 4.78 is 1.14. The van der Waals surface area contributed by atoms with Gasteiger partial charge in [0.2, 0.25) is 5.95 Å². The summed E-state index contributed by atoms with van der Waals surface area (Å²) in [6, 6.07) is 2.31. The second-order valence-electron chi connectivity index (χ2n) is 5.43. The fraction of sp³-hybridized carbons (Fsp3) is 0.538. The second kappa shape index (κ2) is 5.46. The van der Waals surface area contributed by atoms with Crippen LogP contribution < -0.4 is 10.6 Å². The molecular formula is C13H18BrN5S. The van der Waals surface area contributed by atoms with Crippen molar-refractivity contribution >= 4 is 33.2 Å². The van der Waals surface area contributed by atoms with E-state index < -0.39 is 0 Å². The van der Waals surface area contributed by atoms with E-state index in [9.17, 15) is 0 Å². The summed E-state index contributed by atoms with van der Waals surface area (Å²) in [5, 5.41) is 7.37. The molecule has 0 saturated carbocycles. The Morgan fingerprint density at radius 3 is 3.00 bits per heavy atom. The van der Waals surface area contributed by atoms with Gasteiger partial charge < -0.3 is 10.6 Å². The first kappa shape index (κ1) is 14.0. The molecule has 0 aromatic carbocycles. The topological polar surface area (TPSA) is 70.8 Å². The number of aromatic amines is 1. The molecule has 0 radical (unpaired) electrons. The molecular weight excluding hydrogens is 338 g/mol. The van der Waals surface area contributed by atoms with E-state index in [0.29, 0.717) is 5.92 Å². The Labute approximate surface area is 130 Å². The van der Waals surface area contributed by atoms with E-state index in [0.717, 1.165) is 39.9 Å². The summed E-state index contributed by atoms with van der Waals surface area (Å²) >= 11 is 5.21. The van der Waals surface area contributed by atoms with E-state index >= 15 is 0 Å². The smallest absolute Gasteiger partial charge is 0.245 e. The summed E-state index contributed by atoms with van der Waals surface area (Å²) in [5.41, 5.74) is 7.35. The van der Waals surface area contributed by atoms with E-state index in [-0.39, 0.29) is 6.04 Å². The number of nitrogens with one attached hydrogen (secondary N) is 1. The zero-order valence-corrected chi connectivity index (χ0v) is 14.0. The highest BCUT2D eigenvalue weighted by Crippen LogP contribution is 2.33. The highest BCUT2D eigenvalue weighted by Gasteiger charge is 2.25. The third-order valence-corrected chi connectivity index (χ3v) is 6.01. The van der Waals surface area contributed by atoms with Gasteiger partial charge in [0, 0.05) is 19.1 Å². The van der Waals surface area contributed by atoms with Crippen molar-refractivity contribution < 1.29 is 0 Å². The number of hydrogen-bond donors (Lipinski definition) is 2.